The fraction of sp³-hybridized carbons (Fsp3) is 0.600. The fourth-order valence-electron chi connectivity index (χ4n) is 2.73. The second-order valence-corrected chi connectivity index (χ2v) is 5.65. The van der Waals surface area contributed by atoms with E-state index in [1.165, 1.54) is 6.07 Å². The molecule has 0 bridgehead atoms. The molecule has 0 aromatic heterocycles. The molecule has 1 aliphatic rings. The Morgan fingerprint density at radius 2 is 2.06 bits per heavy atom. The van der Waals surface area contributed by atoms with E-state index in [-0.39, 0.29) is 11.9 Å². The summed E-state index contributed by atoms with van der Waals surface area (Å²) >= 11 is 0. The molecule has 1 heterocycles. The van der Waals surface area contributed by atoms with Gasteiger partial charge >= 0.3 is 0 Å². The molecular formula is C15H23FN2. The highest BCUT2D eigenvalue weighted by Gasteiger charge is 2.25. The van der Waals surface area contributed by atoms with Gasteiger partial charge in [-0.3, -0.25) is 0 Å². The maximum absolute atomic E-state index is 13.9. The predicted octanol–water partition coefficient (Wildman–Crippen LogP) is 3.33. The largest absolute Gasteiger partial charge is 0.371 e. The van der Waals surface area contributed by atoms with Crippen molar-refractivity contribution in [2.75, 3.05) is 18.0 Å². The second-order valence-electron chi connectivity index (χ2n) is 5.65. The number of piperidine rings is 1. The van der Waals surface area contributed by atoms with Crippen molar-refractivity contribution >= 4 is 5.69 Å². The van der Waals surface area contributed by atoms with Gasteiger partial charge in [-0.1, -0.05) is 19.9 Å². The van der Waals surface area contributed by atoms with Gasteiger partial charge in [-0.15, -0.1) is 0 Å². The normalized spacial score (nSPS) is 26.2. The number of nitrogens with two attached hydrogens (primary N) is 1. The number of hydrogen-bond acceptors (Lipinski definition) is 2. The van der Waals surface area contributed by atoms with Gasteiger partial charge in [0.1, 0.15) is 5.82 Å². The van der Waals surface area contributed by atoms with Crippen molar-refractivity contribution in [2.45, 2.75) is 33.2 Å². The van der Waals surface area contributed by atoms with E-state index in [4.69, 9.17) is 5.73 Å². The zero-order chi connectivity index (χ0) is 13.3. The van der Waals surface area contributed by atoms with E-state index in [1.807, 2.05) is 13.0 Å². The van der Waals surface area contributed by atoms with E-state index < -0.39 is 0 Å². The number of hydrogen-bond donors (Lipinski definition) is 1. The van der Waals surface area contributed by atoms with E-state index in [0.717, 1.165) is 31.1 Å². The van der Waals surface area contributed by atoms with Crippen LogP contribution < -0.4 is 10.6 Å². The predicted molar refractivity (Wildman–Crippen MR) is 74.2 cm³/mol. The van der Waals surface area contributed by atoms with Gasteiger partial charge in [0.05, 0.1) is 0 Å². The minimum atomic E-state index is -0.268. The Kier molecular flexibility index (Phi) is 3.91. The molecule has 1 saturated heterocycles. The zero-order valence-electron chi connectivity index (χ0n) is 11.5. The maximum Gasteiger partial charge on any atom is 0.130 e. The van der Waals surface area contributed by atoms with Crippen molar-refractivity contribution in [1.29, 1.82) is 0 Å². The van der Waals surface area contributed by atoms with Crippen molar-refractivity contribution < 1.29 is 4.39 Å². The summed E-state index contributed by atoms with van der Waals surface area (Å²) in [5.41, 5.74) is 7.55. The first-order valence-corrected chi connectivity index (χ1v) is 6.79. The molecule has 0 aliphatic carbocycles. The quantitative estimate of drug-likeness (QED) is 0.872. The molecule has 1 aromatic carbocycles. The summed E-state index contributed by atoms with van der Waals surface area (Å²) in [5, 5.41) is 0. The first-order chi connectivity index (χ1) is 8.50. The van der Waals surface area contributed by atoms with Crippen molar-refractivity contribution in [3.05, 3.63) is 29.6 Å². The Bertz CT molecular complexity index is 417. The molecular weight excluding hydrogens is 227 g/mol. The first kappa shape index (κ1) is 13.3. The lowest BCUT2D eigenvalue weighted by Crippen LogP contribution is -2.39. The van der Waals surface area contributed by atoms with E-state index >= 15 is 0 Å². The summed E-state index contributed by atoms with van der Waals surface area (Å²) < 4.78 is 13.9. The average Bonchev–Trinajstić information content (AvgIpc) is 2.32. The summed E-state index contributed by atoms with van der Waals surface area (Å²) in [6.07, 6.45) is 1.16. The Morgan fingerprint density at radius 3 is 2.67 bits per heavy atom. The summed E-state index contributed by atoms with van der Waals surface area (Å²) in [4.78, 5) is 2.28. The molecule has 3 heteroatoms. The van der Waals surface area contributed by atoms with E-state index in [0.29, 0.717) is 11.5 Å². The molecule has 0 radical (unpaired) electrons. The van der Waals surface area contributed by atoms with Crippen LogP contribution in [0.25, 0.3) is 0 Å². The number of benzene rings is 1. The van der Waals surface area contributed by atoms with Crippen molar-refractivity contribution in [3.8, 4) is 0 Å². The van der Waals surface area contributed by atoms with Crippen molar-refractivity contribution in [2.24, 2.45) is 17.6 Å². The molecule has 1 fully saturated rings. The highest BCUT2D eigenvalue weighted by molar-refractivity contribution is 5.55. The van der Waals surface area contributed by atoms with Crippen LogP contribution in [0.3, 0.4) is 0 Å². The van der Waals surface area contributed by atoms with Crippen LogP contribution in [0, 0.1) is 17.7 Å². The molecule has 0 amide bonds. The molecule has 2 unspecified atom stereocenters. The van der Waals surface area contributed by atoms with Gasteiger partial charge in [-0.05, 0) is 37.3 Å². The molecule has 18 heavy (non-hydrogen) atoms. The Labute approximate surface area is 109 Å². The summed E-state index contributed by atoms with van der Waals surface area (Å²) in [6.45, 7) is 8.39. The molecule has 0 saturated carbocycles. The van der Waals surface area contributed by atoms with E-state index in [2.05, 4.69) is 18.7 Å². The van der Waals surface area contributed by atoms with Crippen LogP contribution in [-0.4, -0.2) is 13.1 Å². The highest BCUT2D eigenvalue weighted by atomic mass is 19.1. The lowest BCUT2D eigenvalue weighted by molar-refractivity contribution is 0.323. The minimum absolute atomic E-state index is 0.186. The van der Waals surface area contributed by atoms with Crippen LogP contribution in [0.15, 0.2) is 18.2 Å². The van der Waals surface area contributed by atoms with E-state index in [1.54, 1.807) is 6.07 Å². The summed E-state index contributed by atoms with van der Waals surface area (Å²) in [7, 11) is 0. The van der Waals surface area contributed by atoms with Gasteiger partial charge < -0.3 is 10.6 Å². The lowest BCUT2D eigenvalue weighted by atomic mass is 9.88. The molecule has 1 aliphatic heterocycles. The van der Waals surface area contributed by atoms with Gasteiger partial charge in [0, 0.05) is 30.4 Å². The Hall–Kier alpha value is -1.09. The van der Waals surface area contributed by atoms with Gasteiger partial charge in [0.2, 0.25) is 0 Å². The minimum Gasteiger partial charge on any atom is -0.371 e. The van der Waals surface area contributed by atoms with Crippen molar-refractivity contribution in [3.63, 3.8) is 0 Å². The maximum atomic E-state index is 13.9. The van der Waals surface area contributed by atoms with Gasteiger partial charge in [0.15, 0.2) is 0 Å². The number of anilines is 1. The first-order valence-electron chi connectivity index (χ1n) is 6.79. The molecule has 2 nitrogen and oxygen atoms in total. The molecule has 2 N–H and O–H groups in total. The molecule has 0 spiro atoms. The van der Waals surface area contributed by atoms with Crippen LogP contribution in [-0.2, 0) is 0 Å². The van der Waals surface area contributed by atoms with Gasteiger partial charge in [0.25, 0.3) is 0 Å². The van der Waals surface area contributed by atoms with Gasteiger partial charge in [-0.25, -0.2) is 4.39 Å². The Balaban J connectivity index is 2.31. The lowest BCUT2D eigenvalue weighted by Gasteiger charge is -2.38. The molecule has 3 atom stereocenters. The smallest absolute Gasteiger partial charge is 0.130 e. The zero-order valence-corrected chi connectivity index (χ0v) is 11.5. The van der Waals surface area contributed by atoms with Crippen LogP contribution in [0.5, 0.6) is 0 Å². The van der Waals surface area contributed by atoms with Crippen LogP contribution in [0.1, 0.15) is 38.8 Å². The monoisotopic (exact) mass is 250 g/mol. The van der Waals surface area contributed by atoms with E-state index in [9.17, 15) is 4.39 Å². The average molecular weight is 250 g/mol. The third-order valence-corrected chi connectivity index (χ3v) is 4.16. The third kappa shape index (κ3) is 2.51. The fourth-order valence-corrected chi connectivity index (χ4v) is 2.73. The SMILES string of the molecule is CC1CCN(c2cccc(F)c2[C@H](C)N)CC1C. The summed E-state index contributed by atoms with van der Waals surface area (Å²) in [5.74, 6) is 1.20. The number of halogens is 1. The Morgan fingerprint density at radius 1 is 1.33 bits per heavy atom. The number of nitrogens with zero attached hydrogens (tertiary/aromatic N) is 1. The van der Waals surface area contributed by atoms with Crippen LogP contribution in [0.4, 0.5) is 10.1 Å². The molecule has 1 aromatic rings. The van der Waals surface area contributed by atoms with Gasteiger partial charge in [-0.2, -0.15) is 0 Å². The second kappa shape index (κ2) is 5.27. The van der Waals surface area contributed by atoms with Crippen molar-refractivity contribution in [1.82, 2.24) is 0 Å². The standard InChI is InChI=1S/C15H23FN2/c1-10-7-8-18(9-11(10)2)14-6-4-5-13(16)15(14)12(3)17/h4-6,10-12H,7-9,17H2,1-3H3/t10?,11?,12-/m0/s1. The van der Waals surface area contributed by atoms with Crippen LogP contribution in [0.2, 0.25) is 0 Å². The third-order valence-electron chi connectivity index (χ3n) is 4.16. The molecule has 2 rings (SSSR count). The van der Waals surface area contributed by atoms with Crippen LogP contribution >= 0.6 is 0 Å². The molecule has 100 valence electrons. The highest BCUT2D eigenvalue weighted by Crippen LogP contribution is 2.32. The summed E-state index contributed by atoms with van der Waals surface area (Å²) in [6, 6.07) is 5.00. The topological polar surface area (TPSA) is 29.3 Å². The number of rotatable bonds is 2.